The summed E-state index contributed by atoms with van der Waals surface area (Å²) >= 11 is 0. The number of morpholine rings is 1. The van der Waals surface area contributed by atoms with E-state index in [1.54, 1.807) is 0 Å². The van der Waals surface area contributed by atoms with E-state index in [0.29, 0.717) is 0 Å². The van der Waals surface area contributed by atoms with E-state index in [4.69, 9.17) is 9.15 Å². The number of piperidine rings is 1. The molecule has 1 spiro atoms. The third-order valence-corrected chi connectivity index (χ3v) is 4.54. The van der Waals surface area contributed by atoms with Crippen molar-refractivity contribution in [3.63, 3.8) is 0 Å². The van der Waals surface area contributed by atoms with Crippen LogP contribution in [0.3, 0.4) is 0 Å². The van der Waals surface area contributed by atoms with E-state index >= 15 is 0 Å². The lowest BCUT2D eigenvalue weighted by molar-refractivity contribution is -0.159. The molecule has 3 heterocycles. The Balaban J connectivity index is 1.57. The van der Waals surface area contributed by atoms with E-state index < -0.39 is 0 Å². The Morgan fingerprint density at radius 2 is 2.15 bits per heavy atom. The molecule has 2 aliphatic rings. The molecule has 1 atom stereocenters. The van der Waals surface area contributed by atoms with Gasteiger partial charge in [-0.1, -0.05) is 0 Å². The number of carbonyl (C=O) groups is 1. The molecule has 110 valence electrons. The maximum Gasteiger partial charge on any atom is 0.246 e. The second kappa shape index (κ2) is 5.22. The molecule has 2 saturated heterocycles. The van der Waals surface area contributed by atoms with Gasteiger partial charge in [0.2, 0.25) is 5.91 Å². The number of amides is 1. The minimum atomic E-state index is -0.177. The molecular weight excluding hydrogens is 256 g/mol. The van der Waals surface area contributed by atoms with Crippen LogP contribution in [0.15, 0.2) is 16.5 Å². The lowest BCUT2D eigenvalue weighted by atomic mass is 9.83. The molecule has 5 nitrogen and oxygen atoms in total. The zero-order valence-electron chi connectivity index (χ0n) is 12.1. The van der Waals surface area contributed by atoms with E-state index in [9.17, 15) is 4.79 Å². The van der Waals surface area contributed by atoms with Gasteiger partial charge in [0, 0.05) is 13.1 Å². The molecule has 0 saturated carbocycles. The number of furan rings is 1. The summed E-state index contributed by atoms with van der Waals surface area (Å²) in [6.45, 7) is 7.00. The number of ether oxygens (including phenoxy) is 1. The standard InChI is InChI=1S/C15H22N2O3/c1-11-3-4-13(20-11)9-17-7-5-15(6-8-17)12(2)16-14(18)10-19-15/h3-4,12H,5-10H2,1-2H3,(H,16,18). The van der Waals surface area contributed by atoms with Gasteiger partial charge in [-0.15, -0.1) is 0 Å². The van der Waals surface area contributed by atoms with Crippen molar-refractivity contribution in [3.05, 3.63) is 23.7 Å². The Hall–Kier alpha value is -1.33. The molecule has 2 aliphatic heterocycles. The molecule has 0 bridgehead atoms. The molecule has 1 unspecified atom stereocenters. The highest BCUT2D eigenvalue weighted by atomic mass is 16.5. The van der Waals surface area contributed by atoms with Crippen molar-refractivity contribution in [2.75, 3.05) is 19.7 Å². The van der Waals surface area contributed by atoms with Gasteiger partial charge < -0.3 is 14.5 Å². The zero-order valence-corrected chi connectivity index (χ0v) is 12.1. The number of carbonyl (C=O) groups excluding carboxylic acids is 1. The first-order valence-corrected chi connectivity index (χ1v) is 7.28. The quantitative estimate of drug-likeness (QED) is 0.890. The molecule has 1 N–H and O–H groups in total. The van der Waals surface area contributed by atoms with Crippen molar-refractivity contribution in [2.45, 2.75) is 44.9 Å². The Morgan fingerprint density at radius 3 is 2.75 bits per heavy atom. The van der Waals surface area contributed by atoms with Crippen molar-refractivity contribution >= 4 is 5.91 Å². The first kappa shape index (κ1) is 13.6. The fourth-order valence-corrected chi connectivity index (χ4v) is 3.21. The average Bonchev–Trinajstić information content (AvgIpc) is 2.82. The monoisotopic (exact) mass is 278 g/mol. The van der Waals surface area contributed by atoms with Gasteiger partial charge in [0.05, 0.1) is 18.2 Å². The van der Waals surface area contributed by atoms with Crippen molar-refractivity contribution in [1.82, 2.24) is 10.2 Å². The lowest BCUT2D eigenvalue weighted by Crippen LogP contribution is -2.62. The SMILES string of the molecule is Cc1ccc(CN2CCC3(CC2)OCC(=O)NC3C)o1. The molecule has 0 aromatic carbocycles. The van der Waals surface area contributed by atoms with E-state index in [0.717, 1.165) is 44.0 Å². The highest BCUT2D eigenvalue weighted by Crippen LogP contribution is 2.32. The summed E-state index contributed by atoms with van der Waals surface area (Å²) < 4.78 is 11.5. The van der Waals surface area contributed by atoms with E-state index in [1.807, 2.05) is 26.0 Å². The molecule has 2 fully saturated rings. The minimum Gasteiger partial charge on any atom is -0.465 e. The van der Waals surface area contributed by atoms with Gasteiger partial charge in [0.1, 0.15) is 18.1 Å². The molecule has 1 amide bonds. The van der Waals surface area contributed by atoms with Crippen molar-refractivity contribution in [3.8, 4) is 0 Å². The smallest absolute Gasteiger partial charge is 0.246 e. The Morgan fingerprint density at radius 1 is 1.40 bits per heavy atom. The van der Waals surface area contributed by atoms with Crippen LogP contribution in [0.2, 0.25) is 0 Å². The highest BCUT2D eigenvalue weighted by Gasteiger charge is 2.44. The second-order valence-electron chi connectivity index (χ2n) is 5.93. The van der Waals surface area contributed by atoms with Crippen LogP contribution in [-0.2, 0) is 16.1 Å². The van der Waals surface area contributed by atoms with Crippen LogP contribution < -0.4 is 5.32 Å². The molecule has 1 aromatic rings. The summed E-state index contributed by atoms with van der Waals surface area (Å²) in [5.41, 5.74) is -0.177. The van der Waals surface area contributed by atoms with E-state index in [-0.39, 0.29) is 24.2 Å². The largest absolute Gasteiger partial charge is 0.465 e. The number of hydrogen-bond acceptors (Lipinski definition) is 4. The van der Waals surface area contributed by atoms with Crippen LogP contribution in [0.5, 0.6) is 0 Å². The van der Waals surface area contributed by atoms with Gasteiger partial charge >= 0.3 is 0 Å². The first-order valence-electron chi connectivity index (χ1n) is 7.28. The summed E-state index contributed by atoms with van der Waals surface area (Å²) in [6.07, 6.45) is 1.91. The van der Waals surface area contributed by atoms with E-state index in [2.05, 4.69) is 10.2 Å². The molecule has 1 aromatic heterocycles. The van der Waals surface area contributed by atoms with Crippen LogP contribution in [-0.4, -0.2) is 42.1 Å². The van der Waals surface area contributed by atoms with Crippen LogP contribution in [0.4, 0.5) is 0 Å². The Labute approximate surface area is 119 Å². The number of nitrogens with zero attached hydrogens (tertiary/aromatic N) is 1. The molecule has 0 radical (unpaired) electrons. The van der Waals surface area contributed by atoms with Crippen LogP contribution in [0, 0.1) is 6.92 Å². The average molecular weight is 278 g/mol. The lowest BCUT2D eigenvalue weighted by Gasteiger charge is -2.47. The molecule has 20 heavy (non-hydrogen) atoms. The summed E-state index contributed by atoms with van der Waals surface area (Å²) in [6, 6.07) is 4.14. The second-order valence-corrected chi connectivity index (χ2v) is 5.93. The highest BCUT2D eigenvalue weighted by molar-refractivity contribution is 5.78. The van der Waals surface area contributed by atoms with Gasteiger partial charge in [-0.3, -0.25) is 9.69 Å². The fourth-order valence-electron chi connectivity index (χ4n) is 3.21. The van der Waals surface area contributed by atoms with Gasteiger partial charge in [0.25, 0.3) is 0 Å². The maximum atomic E-state index is 11.3. The van der Waals surface area contributed by atoms with Crippen LogP contribution in [0.1, 0.15) is 31.3 Å². The van der Waals surface area contributed by atoms with E-state index in [1.165, 1.54) is 0 Å². The normalized spacial score (nSPS) is 26.7. The maximum absolute atomic E-state index is 11.3. The number of likely N-dealkylation sites (tertiary alicyclic amines) is 1. The summed E-state index contributed by atoms with van der Waals surface area (Å²) in [5.74, 6) is 1.97. The summed E-state index contributed by atoms with van der Waals surface area (Å²) in [4.78, 5) is 13.7. The predicted octanol–water partition coefficient (Wildman–Crippen LogP) is 1.46. The van der Waals surface area contributed by atoms with Crippen molar-refractivity contribution in [1.29, 1.82) is 0 Å². The van der Waals surface area contributed by atoms with Gasteiger partial charge in [-0.05, 0) is 38.8 Å². The van der Waals surface area contributed by atoms with Crippen LogP contribution in [0.25, 0.3) is 0 Å². The number of nitrogens with one attached hydrogen (secondary N) is 1. The van der Waals surface area contributed by atoms with Crippen LogP contribution >= 0.6 is 0 Å². The minimum absolute atomic E-state index is 0.00313. The third kappa shape index (κ3) is 2.60. The Kier molecular flexibility index (Phi) is 3.56. The number of rotatable bonds is 2. The predicted molar refractivity (Wildman–Crippen MR) is 74.2 cm³/mol. The van der Waals surface area contributed by atoms with Crippen molar-refractivity contribution in [2.24, 2.45) is 0 Å². The Bertz CT molecular complexity index is 489. The molecular formula is C15H22N2O3. The fraction of sp³-hybridized carbons (Fsp3) is 0.667. The first-order chi connectivity index (χ1) is 9.57. The summed E-state index contributed by atoms with van der Waals surface area (Å²) in [7, 11) is 0. The zero-order chi connectivity index (χ0) is 14.2. The summed E-state index contributed by atoms with van der Waals surface area (Å²) in [5, 5.41) is 3.01. The topological polar surface area (TPSA) is 54.7 Å². The molecule has 3 rings (SSSR count). The van der Waals surface area contributed by atoms with Gasteiger partial charge in [-0.2, -0.15) is 0 Å². The molecule has 0 aliphatic carbocycles. The third-order valence-electron chi connectivity index (χ3n) is 4.54. The number of aryl methyl sites for hydroxylation is 1. The number of hydrogen-bond donors (Lipinski definition) is 1. The molecule has 5 heteroatoms. The van der Waals surface area contributed by atoms with Gasteiger partial charge in [-0.25, -0.2) is 0 Å². The van der Waals surface area contributed by atoms with Gasteiger partial charge in [0.15, 0.2) is 0 Å². The van der Waals surface area contributed by atoms with Crippen molar-refractivity contribution < 1.29 is 13.9 Å².